The predicted octanol–water partition coefficient (Wildman–Crippen LogP) is -1.62. The number of carbonyl (C=O) groups is 1. The first-order valence-corrected chi connectivity index (χ1v) is 6.95. The monoisotopic (exact) mass is 313 g/mol. The largest absolute Gasteiger partial charge is 0.394 e. The van der Waals surface area contributed by atoms with E-state index < -0.39 is 29.9 Å². The van der Waals surface area contributed by atoms with Gasteiger partial charge in [0.05, 0.1) is 23.0 Å². The van der Waals surface area contributed by atoms with Crippen molar-refractivity contribution in [2.24, 2.45) is 14.1 Å². The Morgan fingerprint density at radius 2 is 2.05 bits per heavy atom. The Morgan fingerprint density at radius 3 is 2.67 bits per heavy atom. The Hall–Kier alpha value is -1.97. The van der Waals surface area contributed by atoms with Gasteiger partial charge in [-0.2, -0.15) is 0 Å². The number of amides is 1. The van der Waals surface area contributed by atoms with Crippen LogP contribution >= 0.6 is 11.3 Å². The van der Waals surface area contributed by atoms with Gasteiger partial charge in [0.1, 0.15) is 4.83 Å². The molecule has 0 spiro atoms. The summed E-state index contributed by atoms with van der Waals surface area (Å²) < 4.78 is 2.28. The Bertz CT molecular complexity index is 804. The standard InChI is InChI=1S/C12H15N3O5S/c1-14-10(19)7-3-8(9(18)13-4-6(17)5-16)21-11(7)15(2)12(14)20/h3,6,16-17H,4-5H2,1-2H3,(H,13,18)/t6-/m0/s1. The smallest absolute Gasteiger partial charge is 0.331 e. The first-order chi connectivity index (χ1) is 9.86. The molecule has 2 heterocycles. The van der Waals surface area contributed by atoms with Crippen molar-refractivity contribution in [2.45, 2.75) is 6.10 Å². The Labute approximate surface area is 122 Å². The zero-order chi connectivity index (χ0) is 15.7. The maximum atomic E-state index is 12.0. The molecule has 9 heteroatoms. The number of hydrogen-bond acceptors (Lipinski definition) is 6. The third-order valence-corrected chi connectivity index (χ3v) is 4.27. The number of thiophene rings is 1. The lowest BCUT2D eigenvalue weighted by molar-refractivity contribution is 0.0804. The van der Waals surface area contributed by atoms with Crippen molar-refractivity contribution in [3.05, 3.63) is 31.8 Å². The summed E-state index contributed by atoms with van der Waals surface area (Å²) in [4.78, 5) is 36.4. The fourth-order valence-corrected chi connectivity index (χ4v) is 2.86. The highest BCUT2D eigenvalue weighted by Crippen LogP contribution is 2.21. The first kappa shape index (κ1) is 15.4. The van der Waals surface area contributed by atoms with E-state index in [0.717, 1.165) is 15.9 Å². The van der Waals surface area contributed by atoms with E-state index in [4.69, 9.17) is 5.11 Å². The number of carbonyl (C=O) groups excluding carboxylic acids is 1. The Morgan fingerprint density at radius 1 is 1.38 bits per heavy atom. The Balaban J connectivity index is 2.42. The minimum absolute atomic E-state index is 0.0967. The van der Waals surface area contributed by atoms with E-state index >= 15 is 0 Å². The molecule has 0 aliphatic carbocycles. The molecule has 1 amide bonds. The minimum atomic E-state index is -1.04. The van der Waals surface area contributed by atoms with Crippen LogP contribution < -0.4 is 16.6 Å². The molecule has 1 atom stereocenters. The molecular formula is C12H15N3O5S. The summed E-state index contributed by atoms with van der Waals surface area (Å²) in [6, 6.07) is 1.42. The summed E-state index contributed by atoms with van der Waals surface area (Å²) in [6.45, 7) is -0.553. The van der Waals surface area contributed by atoms with Gasteiger partial charge in [-0.05, 0) is 6.07 Å². The van der Waals surface area contributed by atoms with Crippen LogP contribution in [-0.4, -0.2) is 44.5 Å². The van der Waals surface area contributed by atoms with Gasteiger partial charge in [-0.1, -0.05) is 0 Å². The van der Waals surface area contributed by atoms with E-state index in [-0.39, 0.29) is 16.8 Å². The summed E-state index contributed by atoms with van der Waals surface area (Å²) in [5.74, 6) is -0.474. The quantitative estimate of drug-likeness (QED) is 0.628. The van der Waals surface area contributed by atoms with Crippen LogP contribution in [0.1, 0.15) is 9.67 Å². The molecule has 2 rings (SSSR count). The van der Waals surface area contributed by atoms with Crippen LogP contribution in [0.5, 0.6) is 0 Å². The number of hydrogen-bond donors (Lipinski definition) is 3. The highest BCUT2D eigenvalue weighted by molar-refractivity contribution is 7.20. The van der Waals surface area contributed by atoms with Gasteiger partial charge >= 0.3 is 5.69 Å². The van der Waals surface area contributed by atoms with Crippen LogP contribution in [-0.2, 0) is 14.1 Å². The van der Waals surface area contributed by atoms with E-state index in [2.05, 4.69) is 5.32 Å². The van der Waals surface area contributed by atoms with E-state index in [1.54, 1.807) is 0 Å². The van der Waals surface area contributed by atoms with E-state index in [0.29, 0.717) is 4.83 Å². The molecule has 0 radical (unpaired) electrons. The number of nitrogens with zero attached hydrogens (tertiary/aromatic N) is 2. The van der Waals surface area contributed by atoms with Gasteiger partial charge < -0.3 is 15.5 Å². The molecule has 2 aromatic rings. The predicted molar refractivity (Wildman–Crippen MR) is 77.7 cm³/mol. The summed E-state index contributed by atoms with van der Waals surface area (Å²) in [6.07, 6.45) is -1.04. The molecule has 21 heavy (non-hydrogen) atoms. The van der Waals surface area contributed by atoms with Crippen molar-refractivity contribution in [3.63, 3.8) is 0 Å². The number of fused-ring (bicyclic) bond motifs is 1. The average Bonchev–Trinajstić information content (AvgIpc) is 2.93. The van der Waals surface area contributed by atoms with Crippen molar-refractivity contribution in [3.8, 4) is 0 Å². The number of aryl methyl sites for hydroxylation is 1. The molecule has 0 fully saturated rings. The van der Waals surface area contributed by atoms with E-state index in [9.17, 15) is 19.5 Å². The van der Waals surface area contributed by atoms with Crippen molar-refractivity contribution in [2.75, 3.05) is 13.2 Å². The van der Waals surface area contributed by atoms with Crippen molar-refractivity contribution in [1.82, 2.24) is 14.5 Å². The zero-order valence-corrected chi connectivity index (χ0v) is 12.3. The molecular weight excluding hydrogens is 298 g/mol. The van der Waals surface area contributed by atoms with Crippen LogP contribution in [0, 0.1) is 0 Å². The molecule has 2 aromatic heterocycles. The summed E-state index contributed by atoms with van der Waals surface area (Å²) in [5.41, 5.74) is -0.921. The zero-order valence-electron chi connectivity index (χ0n) is 11.5. The molecule has 0 aliphatic rings. The number of rotatable bonds is 4. The highest BCUT2D eigenvalue weighted by Gasteiger charge is 2.16. The number of aliphatic hydroxyl groups excluding tert-OH is 2. The lowest BCUT2D eigenvalue weighted by atomic mass is 10.3. The number of aliphatic hydroxyl groups is 2. The number of aromatic nitrogens is 2. The van der Waals surface area contributed by atoms with Gasteiger partial charge in [-0.15, -0.1) is 11.3 Å². The van der Waals surface area contributed by atoms with Gasteiger partial charge in [-0.3, -0.25) is 18.7 Å². The molecule has 0 bridgehead atoms. The minimum Gasteiger partial charge on any atom is -0.394 e. The second-order valence-electron chi connectivity index (χ2n) is 4.58. The van der Waals surface area contributed by atoms with Gasteiger partial charge in [0, 0.05) is 20.6 Å². The van der Waals surface area contributed by atoms with Crippen LogP contribution in [0.25, 0.3) is 10.2 Å². The lowest BCUT2D eigenvalue weighted by Gasteiger charge is -2.07. The fraction of sp³-hybridized carbons (Fsp3) is 0.417. The van der Waals surface area contributed by atoms with Crippen LogP contribution in [0.3, 0.4) is 0 Å². The van der Waals surface area contributed by atoms with Gasteiger partial charge in [-0.25, -0.2) is 4.79 Å². The maximum absolute atomic E-state index is 12.0. The third kappa shape index (κ3) is 2.75. The summed E-state index contributed by atoms with van der Waals surface area (Å²) in [7, 11) is 2.90. The first-order valence-electron chi connectivity index (χ1n) is 6.13. The molecule has 0 saturated carbocycles. The molecule has 0 unspecified atom stereocenters. The topological polar surface area (TPSA) is 114 Å². The average molecular weight is 313 g/mol. The van der Waals surface area contributed by atoms with Gasteiger partial charge in [0.25, 0.3) is 11.5 Å². The normalized spacial score (nSPS) is 12.6. The maximum Gasteiger partial charge on any atom is 0.331 e. The van der Waals surface area contributed by atoms with Crippen molar-refractivity contribution >= 4 is 27.5 Å². The van der Waals surface area contributed by atoms with Crippen LogP contribution in [0.4, 0.5) is 0 Å². The molecule has 8 nitrogen and oxygen atoms in total. The molecule has 0 saturated heterocycles. The van der Waals surface area contributed by atoms with Crippen molar-refractivity contribution in [1.29, 1.82) is 0 Å². The fourth-order valence-electron chi connectivity index (χ4n) is 1.84. The second kappa shape index (κ2) is 5.80. The molecule has 0 aromatic carbocycles. The summed E-state index contributed by atoms with van der Waals surface area (Å²) >= 11 is 1.02. The van der Waals surface area contributed by atoms with Crippen LogP contribution in [0.15, 0.2) is 15.7 Å². The molecule has 3 N–H and O–H groups in total. The lowest BCUT2D eigenvalue weighted by Crippen LogP contribution is -2.36. The highest BCUT2D eigenvalue weighted by atomic mass is 32.1. The Kier molecular flexibility index (Phi) is 4.26. The summed E-state index contributed by atoms with van der Waals surface area (Å²) in [5, 5.41) is 20.6. The second-order valence-corrected chi connectivity index (χ2v) is 5.61. The van der Waals surface area contributed by atoms with Crippen molar-refractivity contribution < 1.29 is 15.0 Å². The number of nitrogens with one attached hydrogen (secondary N) is 1. The third-order valence-electron chi connectivity index (χ3n) is 3.06. The van der Waals surface area contributed by atoms with E-state index in [1.807, 2.05) is 0 Å². The molecule has 114 valence electrons. The molecule has 0 aliphatic heterocycles. The SMILES string of the molecule is Cn1c(=O)c2cc(C(=O)NC[C@H](O)CO)sc2n(C)c1=O. The van der Waals surface area contributed by atoms with Crippen LogP contribution in [0.2, 0.25) is 0 Å². The van der Waals surface area contributed by atoms with Gasteiger partial charge in [0.2, 0.25) is 0 Å². The van der Waals surface area contributed by atoms with Gasteiger partial charge in [0.15, 0.2) is 0 Å². The van der Waals surface area contributed by atoms with E-state index in [1.165, 1.54) is 24.7 Å².